The molecule has 30 heavy (non-hydrogen) atoms. The van der Waals surface area contributed by atoms with Gasteiger partial charge in [-0.1, -0.05) is 18.2 Å². The number of rotatable bonds is 8. The first-order valence-corrected chi connectivity index (χ1v) is 10.4. The monoisotopic (exact) mass is 424 g/mol. The minimum Gasteiger partial charge on any atom is -0.497 e. The lowest BCUT2D eigenvalue weighted by Gasteiger charge is -2.23. The summed E-state index contributed by atoms with van der Waals surface area (Å²) in [5, 5.41) is 3.88. The van der Waals surface area contributed by atoms with E-state index in [4.69, 9.17) is 4.74 Å². The Balaban J connectivity index is 1.82. The topological polar surface area (TPSA) is 101 Å². The molecule has 1 aromatic heterocycles. The molecule has 0 atom stereocenters. The van der Waals surface area contributed by atoms with Crippen LogP contribution in [0.15, 0.2) is 89.1 Å². The van der Waals surface area contributed by atoms with Crippen LogP contribution >= 0.6 is 0 Å². The molecule has 3 aromatic rings. The Hall–Kier alpha value is -3.72. The van der Waals surface area contributed by atoms with E-state index in [2.05, 4.69) is 15.5 Å². The molecule has 0 unspecified atom stereocenters. The van der Waals surface area contributed by atoms with E-state index < -0.39 is 22.5 Å². The predicted octanol–water partition coefficient (Wildman–Crippen LogP) is 2.44. The maximum absolute atomic E-state index is 13.2. The van der Waals surface area contributed by atoms with Crippen molar-refractivity contribution in [2.24, 2.45) is 5.10 Å². The van der Waals surface area contributed by atoms with Crippen LogP contribution in [0.5, 0.6) is 5.75 Å². The van der Waals surface area contributed by atoms with E-state index >= 15 is 0 Å². The number of methoxy groups -OCH3 is 1. The normalized spacial score (nSPS) is 11.2. The van der Waals surface area contributed by atoms with Gasteiger partial charge in [0.2, 0.25) is 0 Å². The fraction of sp³-hybridized carbons (Fsp3) is 0.0952. The van der Waals surface area contributed by atoms with Crippen LogP contribution in [0.2, 0.25) is 0 Å². The lowest BCUT2D eigenvalue weighted by molar-refractivity contribution is -0.119. The van der Waals surface area contributed by atoms with Gasteiger partial charge in [0.25, 0.3) is 15.9 Å². The van der Waals surface area contributed by atoms with Crippen LogP contribution in [-0.4, -0.2) is 39.2 Å². The Morgan fingerprint density at radius 3 is 2.37 bits per heavy atom. The van der Waals surface area contributed by atoms with Gasteiger partial charge >= 0.3 is 0 Å². The number of carbonyl (C=O) groups is 1. The van der Waals surface area contributed by atoms with Crippen molar-refractivity contribution in [3.8, 4) is 5.75 Å². The second kappa shape index (κ2) is 9.66. The minimum atomic E-state index is -3.99. The molecule has 3 rings (SSSR count). The number of hydrazone groups is 1. The zero-order valence-corrected chi connectivity index (χ0v) is 17.0. The molecule has 0 spiro atoms. The molecule has 1 N–H and O–H groups in total. The van der Waals surface area contributed by atoms with Crippen molar-refractivity contribution in [2.75, 3.05) is 18.0 Å². The number of sulfonamides is 1. The van der Waals surface area contributed by atoms with Gasteiger partial charge in [-0.05, 0) is 54.1 Å². The van der Waals surface area contributed by atoms with Crippen molar-refractivity contribution >= 4 is 27.8 Å². The molecule has 0 aliphatic rings. The highest BCUT2D eigenvalue weighted by atomic mass is 32.2. The summed E-state index contributed by atoms with van der Waals surface area (Å²) in [6.45, 7) is -0.438. The van der Waals surface area contributed by atoms with E-state index in [-0.39, 0.29) is 4.90 Å². The lowest BCUT2D eigenvalue weighted by Crippen LogP contribution is -2.39. The third-order valence-corrected chi connectivity index (χ3v) is 5.88. The van der Waals surface area contributed by atoms with Crippen LogP contribution in [0.25, 0.3) is 0 Å². The second-order valence-corrected chi connectivity index (χ2v) is 7.96. The maximum atomic E-state index is 13.2. The largest absolute Gasteiger partial charge is 0.497 e. The number of amides is 1. The van der Waals surface area contributed by atoms with Crippen molar-refractivity contribution in [3.05, 3.63) is 84.7 Å². The predicted molar refractivity (Wildman–Crippen MR) is 114 cm³/mol. The van der Waals surface area contributed by atoms with Gasteiger partial charge in [0.15, 0.2) is 0 Å². The van der Waals surface area contributed by atoms with E-state index in [0.717, 1.165) is 9.87 Å². The molecule has 0 radical (unpaired) electrons. The molecule has 0 aliphatic heterocycles. The summed E-state index contributed by atoms with van der Waals surface area (Å²) < 4.78 is 32.6. The first kappa shape index (κ1) is 21.0. The van der Waals surface area contributed by atoms with Gasteiger partial charge in [-0.3, -0.25) is 14.1 Å². The molecular formula is C21H20N4O4S. The van der Waals surface area contributed by atoms with Crippen LogP contribution in [0.4, 0.5) is 5.69 Å². The quantitative estimate of drug-likeness (QED) is 0.442. The van der Waals surface area contributed by atoms with E-state index in [1.54, 1.807) is 67.0 Å². The van der Waals surface area contributed by atoms with Gasteiger partial charge < -0.3 is 4.74 Å². The number of hydrogen-bond acceptors (Lipinski definition) is 6. The molecule has 1 heterocycles. The molecule has 2 aromatic carbocycles. The molecule has 0 saturated heterocycles. The Bertz CT molecular complexity index is 1100. The van der Waals surface area contributed by atoms with Gasteiger partial charge in [0, 0.05) is 12.4 Å². The summed E-state index contributed by atoms with van der Waals surface area (Å²) in [5.74, 6) is -0.0513. The summed E-state index contributed by atoms with van der Waals surface area (Å²) in [7, 11) is -2.50. The molecular weight excluding hydrogens is 404 g/mol. The van der Waals surface area contributed by atoms with Crippen molar-refractivity contribution < 1.29 is 17.9 Å². The van der Waals surface area contributed by atoms with Crippen LogP contribution in [0, 0.1) is 0 Å². The Morgan fingerprint density at radius 1 is 1.07 bits per heavy atom. The standard InChI is InChI=1S/C21H20N4O4S/c1-29-19-7-9-20(10-8-19)30(27,28)25(18-5-3-2-4-6-18)16-21(26)24-23-15-17-11-13-22-14-12-17/h2-15H,16H2,1H3,(H,24,26)/b23-15-. The Labute approximate surface area is 174 Å². The number of pyridine rings is 1. The maximum Gasteiger partial charge on any atom is 0.264 e. The molecule has 0 fully saturated rings. The second-order valence-electron chi connectivity index (χ2n) is 6.10. The Morgan fingerprint density at radius 2 is 1.73 bits per heavy atom. The summed E-state index contributed by atoms with van der Waals surface area (Å²) in [5.41, 5.74) is 3.47. The average Bonchev–Trinajstić information content (AvgIpc) is 2.78. The smallest absolute Gasteiger partial charge is 0.264 e. The molecule has 0 aliphatic carbocycles. The third-order valence-electron chi connectivity index (χ3n) is 4.09. The van der Waals surface area contributed by atoms with Crippen LogP contribution in [0.3, 0.4) is 0 Å². The number of nitrogens with zero attached hydrogens (tertiary/aromatic N) is 3. The average molecular weight is 424 g/mol. The van der Waals surface area contributed by atoms with Gasteiger partial charge in [-0.15, -0.1) is 0 Å². The highest BCUT2D eigenvalue weighted by molar-refractivity contribution is 7.92. The van der Waals surface area contributed by atoms with Crippen LogP contribution < -0.4 is 14.5 Å². The zero-order chi connectivity index (χ0) is 21.4. The number of carbonyl (C=O) groups excluding carboxylic acids is 1. The first-order valence-electron chi connectivity index (χ1n) is 8.94. The number of anilines is 1. The van der Waals surface area contributed by atoms with E-state index in [1.807, 2.05) is 0 Å². The van der Waals surface area contributed by atoms with Gasteiger partial charge in [0.05, 0.1) is 23.9 Å². The highest BCUT2D eigenvalue weighted by Gasteiger charge is 2.27. The van der Waals surface area contributed by atoms with Crippen molar-refractivity contribution in [1.29, 1.82) is 0 Å². The zero-order valence-electron chi connectivity index (χ0n) is 16.2. The Kier molecular flexibility index (Phi) is 6.76. The highest BCUT2D eigenvalue weighted by Crippen LogP contribution is 2.24. The molecule has 0 bridgehead atoms. The molecule has 1 amide bonds. The first-order chi connectivity index (χ1) is 14.5. The summed E-state index contributed by atoms with van der Waals surface area (Å²) in [6.07, 6.45) is 4.65. The summed E-state index contributed by atoms with van der Waals surface area (Å²) in [4.78, 5) is 16.4. The minimum absolute atomic E-state index is 0.0419. The van der Waals surface area contributed by atoms with Crippen LogP contribution in [0.1, 0.15) is 5.56 Å². The number of nitrogens with one attached hydrogen (secondary N) is 1. The van der Waals surface area contributed by atoms with Crippen molar-refractivity contribution in [1.82, 2.24) is 10.4 Å². The number of hydrogen-bond donors (Lipinski definition) is 1. The summed E-state index contributed by atoms with van der Waals surface area (Å²) >= 11 is 0. The SMILES string of the molecule is COc1ccc(S(=O)(=O)N(CC(=O)N/N=C\c2ccncc2)c2ccccc2)cc1. The molecule has 0 saturated carbocycles. The van der Waals surface area contributed by atoms with Gasteiger partial charge in [-0.25, -0.2) is 13.8 Å². The number of aromatic nitrogens is 1. The van der Waals surface area contributed by atoms with Crippen LogP contribution in [-0.2, 0) is 14.8 Å². The molecule has 8 nitrogen and oxygen atoms in total. The van der Waals surface area contributed by atoms with Gasteiger partial charge in [-0.2, -0.15) is 5.10 Å². The van der Waals surface area contributed by atoms with E-state index in [1.165, 1.54) is 25.5 Å². The van der Waals surface area contributed by atoms with E-state index in [0.29, 0.717) is 11.4 Å². The van der Waals surface area contributed by atoms with E-state index in [9.17, 15) is 13.2 Å². The number of benzene rings is 2. The van der Waals surface area contributed by atoms with Crippen molar-refractivity contribution in [2.45, 2.75) is 4.90 Å². The number of para-hydroxylation sites is 1. The van der Waals surface area contributed by atoms with Gasteiger partial charge in [0.1, 0.15) is 12.3 Å². The fourth-order valence-electron chi connectivity index (χ4n) is 2.58. The molecule has 154 valence electrons. The summed E-state index contributed by atoms with van der Waals surface area (Å²) in [6, 6.07) is 17.8. The fourth-order valence-corrected chi connectivity index (χ4v) is 4.00. The lowest BCUT2D eigenvalue weighted by atomic mass is 10.3. The van der Waals surface area contributed by atoms with Crippen molar-refractivity contribution in [3.63, 3.8) is 0 Å². The molecule has 9 heteroatoms. The third kappa shape index (κ3) is 5.21. The number of ether oxygens (including phenoxy) is 1.